The van der Waals surface area contributed by atoms with Crippen LogP contribution in [0.1, 0.15) is 12.5 Å². The first-order chi connectivity index (χ1) is 7.33. The Morgan fingerprint density at radius 1 is 1.07 bits per heavy atom. The Balaban J connectivity index is 0.000000337. The van der Waals surface area contributed by atoms with Gasteiger partial charge in [-0.05, 0) is 23.3 Å². The van der Waals surface area contributed by atoms with Crippen LogP contribution in [0.3, 0.4) is 0 Å². The summed E-state index contributed by atoms with van der Waals surface area (Å²) in [7, 11) is 0. The minimum Gasteiger partial charge on any atom is -0.397 e. The highest BCUT2D eigenvalue weighted by Crippen LogP contribution is 2.19. The zero-order chi connectivity index (χ0) is 11.1. The second kappa shape index (κ2) is 6.44. The van der Waals surface area contributed by atoms with E-state index in [1.807, 2.05) is 18.2 Å². The van der Waals surface area contributed by atoms with Gasteiger partial charge in [-0.15, -0.1) is 11.6 Å². The molecule has 0 saturated heterocycles. The van der Waals surface area contributed by atoms with Gasteiger partial charge in [0.1, 0.15) is 0 Å². The van der Waals surface area contributed by atoms with Crippen LogP contribution in [0, 0.1) is 0 Å². The molecule has 0 amide bonds. The number of alkyl halides is 1. The molecule has 15 heavy (non-hydrogen) atoms. The van der Waals surface area contributed by atoms with Crippen LogP contribution in [0.15, 0.2) is 42.5 Å². The maximum Gasteiger partial charge on any atom is 0.0480 e. The molecule has 2 aromatic rings. The van der Waals surface area contributed by atoms with Crippen molar-refractivity contribution in [3.05, 3.63) is 48.0 Å². The van der Waals surface area contributed by atoms with E-state index in [4.69, 9.17) is 16.7 Å². The van der Waals surface area contributed by atoms with Crippen molar-refractivity contribution in [1.29, 1.82) is 0 Å². The van der Waals surface area contributed by atoms with Crippen LogP contribution in [0.5, 0.6) is 0 Å². The fourth-order valence-electron chi connectivity index (χ4n) is 1.41. The van der Waals surface area contributed by atoms with Crippen LogP contribution in [-0.4, -0.2) is 11.7 Å². The summed E-state index contributed by atoms with van der Waals surface area (Å²) >= 11 is 5.81. The molecule has 2 aromatic carbocycles. The van der Waals surface area contributed by atoms with Gasteiger partial charge in [-0.25, -0.2) is 0 Å². The molecule has 0 aliphatic heterocycles. The van der Waals surface area contributed by atoms with E-state index in [2.05, 4.69) is 24.3 Å². The van der Waals surface area contributed by atoms with Crippen LogP contribution >= 0.6 is 11.6 Å². The topological polar surface area (TPSA) is 20.2 Å². The van der Waals surface area contributed by atoms with Crippen molar-refractivity contribution in [2.45, 2.75) is 12.8 Å². The van der Waals surface area contributed by atoms with Gasteiger partial charge in [0.15, 0.2) is 0 Å². The van der Waals surface area contributed by atoms with E-state index in [0.29, 0.717) is 5.88 Å². The molecule has 0 atom stereocenters. The molecule has 0 bridgehead atoms. The van der Waals surface area contributed by atoms with Gasteiger partial charge in [0.25, 0.3) is 0 Å². The standard InChI is InChI=1S/C11H9Cl.C2H6O/c12-8-10-6-3-5-9-4-1-2-7-11(9)10;1-2-3/h1-7H,8H2;3H,2H2,1H3. The molecule has 1 nitrogen and oxygen atoms in total. The Hall–Kier alpha value is -1.05. The number of fused-ring (bicyclic) bond motifs is 1. The van der Waals surface area contributed by atoms with Crippen LogP contribution in [0.2, 0.25) is 0 Å². The minimum absolute atomic E-state index is 0.250. The number of hydrogen-bond donors (Lipinski definition) is 1. The molecule has 2 heteroatoms. The average molecular weight is 223 g/mol. The van der Waals surface area contributed by atoms with E-state index in [1.54, 1.807) is 6.92 Å². The van der Waals surface area contributed by atoms with Crippen LogP contribution < -0.4 is 0 Å². The molecule has 0 fully saturated rings. The maximum atomic E-state index is 7.57. The molecule has 0 aliphatic rings. The molecule has 80 valence electrons. The molecule has 0 spiro atoms. The zero-order valence-electron chi connectivity index (χ0n) is 8.78. The fourth-order valence-corrected chi connectivity index (χ4v) is 1.64. The highest BCUT2D eigenvalue weighted by Gasteiger charge is 1.96. The van der Waals surface area contributed by atoms with Crippen molar-refractivity contribution in [1.82, 2.24) is 0 Å². The first kappa shape index (κ1) is 12.0. The average Bonchev–Trinajstić information content (AvgIpc) is 2.29. The van der Waals surface area contributed by atoms with Crippen LogP contribution in [-0.2, 0) is 5.88 Å². The monoisotopic (exact) mass is 222 g/mol. The van der Waals surface area contributed by atoms with Crippen molar-refractivity contribution in [3.8, 4) is 0 Å². The fraction of sp³-hybridized carbons (Fsp3) is 0.231. The number of aliphatic hydroxyl groups is 1. The van der Waals surface area contributed by atoms with Crippen molar-refractivity contribution in [2.75, 3.05) is 6.61 Å². The highest BCUT2D eigenvalue weighted by atomic mass is 35.5. The molecule has 1 N–H and O–H groups in total. The Labute approximate surface area is 95.3 Å². The van der Waals surface area contributed by atoms with E-state index >= 15 is 0 Å². The molecule has 0 heterocycles. The Bertz CT molecular complexity index is 407. The van der Waals surface area contributed by atoms with Crippen molar-refractivity contribution in [3.63, 3.8) is 0 Å². The summed E-state index contributed by atoms with van der Waals surface area (Å²) < 4.78 is 0. The predicted octanol–water partition coefficient (Wildman–Crippen LogP) is 3.58. The lowest BCUT2D eigenvalue weighted by Gasteiger charge is -2.01. The van der Waals surface area contributed by atoms with Crippen molar-refractivity contribution < 1.29 is 5.11 Å². The molecule has 0 saturated carbocycles. The Kier molecular flexibility index (Phi) is 5.16. The van der Waals surface area contributed by atoms with Crippen LogP contribution in [0.25, 0.3) is 10.8 Å². The third-order valence-corrected chi connectivity index (χ3v) is 2.31. The van der Waals surface area contributed by atoms with E-state index in [0.717, 1.165) is 0 Å². The van der Waals surface area contributed by atoms with Gasteiger partial charge < -0.3 is 5.11 Å². The molecular weight excluding hydrogens is 208 g/mol. The Morgan fingerprint density at radius 2 is 1.67 bits per heavy atom. The highest BCUT2D eigenvalue weighted by molar-refractivity contribution is 6.18. The number of benzene rings is 2. The predicted molar refractivity (Wildman–Crippen MR) is 66.3 cm³/mol. The van der Waals surface area contributed by atoms with Gasteiger partial charge in [-0.3, -0.25) is 0 Å². The lowest BCUT2D eigenvalue weighted by atomic mass is 10.1. The third-order valence-electron chi connectivity index (χ3n) is 2.02. The van der Waals surface area contributed by atoms with Gasteiger partial charge in [0, 0.05) is 12.5 Å². The van der Waals surface area contributed by atoms with Gasteiger partial charge in [0.2, 0.25) is 0 Å². The van der Waals surface area contributed by atoms with Gasteiger partial charge in [0.05, 0.1) is 0 Å². The molecule has 0 aliphatic carbocycles. The summed E-state index contributed by atoms with van der Waals surface area (Å²) in [6, 6.07) is 14.5. The lowest BCUT2D eigenvalue weighted by Crippen LogP contribution is -1.79. The lowest BCUT2D eigenvalue weighted by molar-refractivity contribution is 0.318. The zero-order valence-corrected chi connectivity index (χ0v) is 9.54. The maximum absolute atomic E-state index is 7.57. The summed E-state index contributed by atoms with van der Waals surface area (Å²) in [4.78, 5) is 0. The minimum atomic E-state index is 0.250. The number of rotatable bonds is 1. The molecule has 0 aromatic heterocycles. The number of hydrogen-bond acceptors (Lipinski definition) is 1. The van der Waals surface area contributed by atoms with Gasteiger partial charge in [-0.2, -0.15) is 0 Å². The number of aliphatic hydroxyl groups excluding tert-OH is 1. The SMILES string of the molecule is CCO.ClCc1cccc2ccccc12. The summed E-state index contributed by atoms with van der Waals surface area (Å²) in [5.41, 5.74) is 1.20. The van der Waals surface area contributed by atoms with Crippen molar-refractivity contribution in [2.24, 2.45) is 0 Å². The second-order valence-electron chi connectivity index (χ2n) is 3.09. The van der Waals surface area contributed by atoms with E-state index in [1.165, 1.54) is 16.3 Å². The summed E-state index contributed by atoms with van der Waals surface area (Å²) in [6.07, 6.45) is 0. The molecular formula is C13H15ClO. The quantitative estimate of drug-likeness (QED) is 0.732. The smallest absolute Gasteiger partial charge is 0.0480 e. The summed E-state index contributed by atoms with van der Waals surface area (Å²) in [5.74, 6) is 0.585. The van der Waals surface area contributed by atoms with Gasteiger partial charge >= 0.3 is 0 Å². The van der Waals surface area contributed by atoms with Crippen LogP contribution in [0.4, 0.5) is 0 Å². The Morgan fingerprint density at radius 3 is 2.33 bits per heavy atom. The van der Waals surface area contributed by atoms with E-state index in [9.17, 15) is 0 Å². The summed E-state index contributed by atoms with van der Waals surface area (Å²) in [5, 5.41) is 10.1. The number of halogens is 1. The first-order valence-corrected chi connectivity index (χ1v) is 5.50. The summed E-state index contributed by atoms with van der Waals surface area (Å²) in [6.45, 7) is 1.93. The second-order valence-corrected chi connectivity index (χ2v) is 3.36. The van der Waals surface area contributed by atoms with E-state index < -0.39 is 0 Å². The van der Waals surface area contributed by atoms with E-state index in [-0.39, 0.29) is 6.61 Å². The first-order valence-electron chi connectivity index (χ1n) is 4.97. The normalized spacial score (nSPS) is 9.53. The molecule has 0 radical (unpaired) electrons. The van der Waals surface area contributed by atoms with Gasteiger partial charge in [-0.1, -0.05) is 42.5 Å². The molecule has 0 unspecified atom stereocenters. The largest absolute Gasteiger partial charge is 0.397 e. The molecule has 2 rings (SSSR count). The van der Waals surface area contributed by atoms with Crippen molar-refractivity contribution >= 4 is 22.4 Å². The third kappa shape index (κ3) is 3.22.